The van der Waals surface area contributed by atoms with Crippen LogP contribution in [0.15, 0.2) is 30.5 Å². The van der Waals surface area contributed by atoms with Crippen LogP contribution >= 0.6 is 0 Å². The number of likely N-dealkylation sites (N-methyl/N-ethyl adjacent to an activating group) is 1. The van der Waals surface area contributed by atoms with E-state index >= 15 is 0 Å². The molecule has 3 rings (SSSR count). The molecule has 1 fully saturated rings. The highest BCUT2D eigenvalue weighted by molar-refractivity contribution is 5.87. The Balaban J connectivity index is 2.03. The Morgan fingerprint density at radius 3 is 2.77 bits per heavy atom. The fourth-order valence-corrected chi connectivity index (χ4v) is 4.11. The summed E-state index contributed by atoms with van der Waals surface area (Å²) in [6.07, 6.45) is -2.54. The Bertz CT molecular complexity index is 902. The van der Waals surface area contributed by atoms with Gasteiger partial charge in [0.05, 0.1) is 16.6 Å². The molecule has 2 amide bonds. The Hall–Kier alpha value is -2.39. The van der Waals surface area contributed by atoms with Crippen molar-refractivity contribution in [2.75, 3.05) is 40.3 Å². The molecule has 0 unspecified atom stereocenters. The SMILES string of the molecule is C[C@@H]1CNC[C@](NC(=O)NCCN(C)C)(c2ccc(C(F)(F)F)c3ncccc23)C1. The maximum absolute atomic E-state index is 13.5. The maximum Gasteiger partial charge on any atom is 0.418 e. The Labute approximate surface area is 174 Å². The molecule has 9 heteroatoms. The predicted octanol–water partition coefficient (Wildman–Crippen LogP) is 2.94. The number of carbonyl (C=O) groups excluding carboxylic acids is 1. The van der Waals surface area contributed by atoms with Crippen LogP contribution in [0.5, 0.6) is 0 Å². The Morgan fingerprint density at radius 1 is 1.33 bits per heavy atom. The van der Waals surface area contributed by atoms with Crippen LogP contribution in [-0.2, 0) is 11.7 Å². The molecule has 2 atom stereocenters. The number of benzene rings is 1. The minimum absolute atomic E-state index is 0.102. The van der Waals surface area contributed by atoms with E-state index < -0.39 is 17.3 Å². The van der Waals surface area contributed by atoms with Crippen molar-refractivity contribution in [3.63, 3.8) is 0 Å². The normalized spacial score (nSPS) is 22.3. The van der Waals surface area contributed by atoms with Crippen LogP contribution in [0.25, 0.3) is 10.9 Å². The van der Waals surface area contributed by atoms with Gasteiger partial charge in [-0.1, -0.05) is 19.1 Å². The summed E-state index contributed by atoms with van der Waals surface area (Å²) in [4.78, 5) is 18.7. The second kappa shape index (κ2) is 8.77. The first-order valence-corrected chi connectivity index (χ1v) is 9.99. The Morgan fingerprint density at radius 2 is 2.10 bits per heavy atom. The number of pyridine rings is 1. The van der Waals surface area contributed by atoms with Gasteiger partial charge in [0.15, 0.2) is 0 Å². The highest BCUT2D eigenvalue weighted by atomic mass is 19.4. The molecule has 1 aromatic heterocycles. The van der Waals surface area contributed by atoms with Crippen molar-refractivity contribution < 1.29 is 18.0 Å². The topological polar surface area (TPSA) is 69.3 Å². The second-order valence-electron chi connectivity index (χ2n) is 8.26. The average Bonchev–Trinajstić information content (AvgIpc) is 2.66. The van der Waals surface area contributed by atoms with Crippen LogP contribution in [0.2, 0.25) is 0 Å². The molecule has 1 saturated heterocycles. The maximum atomic E-state index is 13.5. The van der Waals surface area contributed by atoms with Gasteiger partial charge < -0.3 is 20.9 Å². The first-order chi connectivity index (χ1) is 14.1. The third kappa shape index (κ3) is 4.84. The number of halogens is 3. The van der Waals surface area contributed by atoms with Gasteiger partial charge in [0.25, 0.3) is 0 Å². The minimum Gasteiger partial charge on any atom is -0.337 e. The van der Waals surface area contributed by atoms with Crippen molar-refractivity contribution in [2.45, 2.75) is 25.1 Å². The number of rotatable bonds is 5. The number of hydrogen-bond acceptors (Lipinski definition) is 4. The molecule has 0 aliphatic carbocycles. The van der Waals surface area contributed by atoms with Crippen molar-refractivity contribution in [2.24, 2.45) is 5.92 Å². The molecular formula is C21H28F3N5O. The van der Waals surface area contributed by atoms with E-state index in [1.807, 2.05) is 19.0 Å². The van der Waals surface area contributed by atoms with Gasteiger partial charge in [-0.2, -0.15) is 13.2 Å². The molecule has 3 N–H and O–H groups in total. The van der Waals surface area contributed by atoms with Crippen molar-refractivity contribution in [3.05, 3.63) is 41.6 Å². The summed E-state index contributed by atoms with van der Waals surface area (Å²) in [6.45, 7) is 4.41. The number of piperidine rings is 1. The van der Waals surface area contributed by atoms with Crippen LogP contribution < -0.4 is 16.0 Å². The van der Waals surface area contributed by atoms with E-state index in [2.05, 4.69) is 27.9 Å². The summed E-state index contributed by atoms with van der Waals surface area (Å²) in [5.41, 5.74) is -1.08. The lowest BCUT2D eigenvalue weighted by Crippen LogP contribution is -2.59. The molecule has 0 bridgehead atoms. The third-order valence-electron chi connectivity index (χ3n) is 5.40. The van der Waals surface area contributed by atoms with Gasteiger partial charge in [-0.25, -0.2) is 4.79 Å². The zero-order valence-electron chi connectivity index (χ0n) is 17.4. The summed E-state index contributed by atoms with van der Waals surface area (Å²) in [7, 11) is 3.82. The first-order valence-electron chi connectivity index (χ1n) is 9.99. The third-order valence-corrected chi connectivity index (χ3v) is 5.40. The van der Waals surface area contributed by atoms with E-state index in [9.17, 15) is 18.0 Å². The number of fused-ring (bicyclic) bond motifs is 1. The highest BCUT2D eigenvalue weighted by Crippen LogP contribution is 2.40. The fraction of sp³-hybridized carbons (Fsp3) is 0.524. The van der Waals surface area contributed by atoms with Crippen LogP contribution in [0.1, 0.15) is 24.5 Å². The lowest BCUT2D eigenvalue weighted by Gasteiger charge is -2.42. The standard InChI is InChI=1S/C21H28F3N5O/c1-14-11-20(13-25-12-14,28-19(30)27-9-10-29(2)3)16-6-7-17(21(22,23)24)18-15(16)5-4-8-26-18/h4-8,14,25H,9-13H2,1-3H3,(H2,27,28,30)/t14-,20-/m0/s1. The van der Waals surface area contributed by atoms with Gasteiger partial charge in [0.1, 0.15) is 0 Å². The predicted molar refractivity (Wildman–Crippen MR) is 110 cm³/mol. The van der Waals surface area contributed by atoms with E-state index in [4.69, 9.17) is 0 Å². The molecule has 30 heavy (non-hydrogen) atoms. The molecular weight excluding hydrogens is 395 g/mol. The van der Waals surface area contributed by atoms with Gasteiger partial charge in [-0.3, -0.25) is 4.98 Å². The van der Waals surface area contributed by atoms with E-state index in [1.54, 1.807) is 12.1 Å². The fourth-order valence-electron chi connectivity index (χ4n) is 4.11. The monoisotopic (exact) mass is 423 g/mol. The molecule has 1 aliphatic rings. The smallest absolute Gasteiger partial charge is 0.337 e. The molecule has 0 saturated carbocycles. The first kappa shape index (κ1) is 22.3. The van der Waals surface area contributed by atoms with Crippen molar-refractivity contribution in [3.8, 4) is 0 Å². The average molecular weight is 423 g/mol. The molecule has 0 spiro atoms. The summed E-state index contributed by atoms with van der Waals surface area (Å²) >= 11 is 0. The zero-order chi connectivity index (χ0) is 21.9. The number of nitrogens with zero attached hydrogens (tertiary/aromatic N) is 2. The molecule has 6 nitrogen and oxygen atoms in total. The van der Waals surface area contributed by atoms with Gasteiger partial charge >= 0.3 is 12.2 Å². The van der Waals surface area contributed by atoms with Crippen molar-refractivity contribution in [1.29, 1.82) is 0 Å². The summed E-state index contributed by atoms with van der Waals surface area (Å²) in [5, 5.41) is 9.62. The van der Waals surface area contributed by atoms with Crippen LogP contribution in [-0.4, -0.2) is 56.2 Å². The zero-order valence-corrected chi connectivity index (χ0v) is 17.4. The molecule has 2 aromatic rings. The number of aromatic nitrogens is 1. The molecule has 2 heterocycles. The van der Waals surface area contributed by atoms with Crippen molar-refractivity contribution >= 4 is 16.9 Å². The Kier molecular flexibility index (Phi) is 6.52. The molecule has 1 aromatic carbocycles. The van der Waals surface area contributed by atoms with Crippen LogP contribution in [0, 0.1) is 5.92 Å². The molecule has 164 valence electrons. The molecule has 1 aliphatic heterocycles. The quantitative estimate of drug-likeness (QED) is 0.692. The lowest BCUT2D eigenvalue weighted by atomic mass is 9.77. The molecule has 0 radical (unpaired) electrons. The van der Waals surface area contributed by atoms with Crippen LogP contribution in [0.4, 0.5) is 18.0 Å². The van der Waals surface area contributed by atoms with Crippen LogP contribution in [0.3, 0.4) is 0 Å². The van der Waals surface area contributed by atoms with E-state index in [-0.39, 0.29) is 17.5 Å². The number of carbonyl (C=O) groups is 1. The van der Waals surface area contributed by atoms with Gasteiger partial charge in [0, 0.05) is 31.2 Å². The largest absolute Gasteiger partial charge is 0.418 e. The van der Waals surface area contributed by atoms with Gasteiger partial charge in [-0.15, -0.1) is 0 Å². The van der Waals surface area contributed by atoms with Gasteiger partial charge in [0.2, 0.25) is 0 Å². The van der Waals surface area contributed by atoms with E-state index in [0.29, 0.717) is 37.0 Å². The number of amides is 2. The van der Waals surface area contributed by atoms with E-state index in [1.165, 1.54) is 12.3 Å². The number of nitrogens with one attached hydrogen (secondary N) is 3. The highest BCUT2D eigenvalue weighted by Gasteiger charge is 2.41. The second-order valence-corrected chi connectivity index (χ2v) is 8.26. The number of hydrogen-bond donors (Lipinski definition) is 3. The summed E-state index contributed by atoms with van der Waals surface area (Å²) in [5.74, 6) is 0.231. The lowest BCUT2D eigenvalue weighted by molar-refractivity contribution is -0.136. The van der Waals surface area contributed by atoms with E-state index in [0.717, 1.165) is 12.6 Å². The minimum atomic E-state index is -4.51. The number of urea groups is 1. The summed E-state index contributed by atoms with van der Waals surface area (Å²) < 4.78 is 40.6. The van der Waals surface area contributed by atoms with Gasteiger partial charge in [-0.05, 0) is 50.7 Å². The summed E-state index contributed by atoms with van der Waals surface area (Å²) in [6, 6.07) is 5.46. The number of alkyl halides is 3. The van der Waals surface area contributed by atoms with Crippen molar-refractivity contribution in [1.82, 2.24) is 25.8 Å².